The topological polar surface area (TPSA) is 58.8 Å². The van der Waals surface area contributed by atoms with E-state index in [4.69, 9.17) is 4.74 Å². The smallest absolute Gasteiger partial charge is 0.137 e. The molecule has 0 spiro atoms. The fourth-order valence-electron chi connectivity index (χ4n) is 2.23. The van der Waals surface area contributed by atoms with Crippen molar-refractivity contribution in [1.82, 2.24) is 14.7 Å². The molecule has 1 fully saturated rings. The molecule has 0 radical (unpaired) electrons. The van der Waals surface area contributed by atoms with Gasteiger partial charge in [0.15, 0.2) is 0 Å². The van der Waals surface area contributed by atoms with Gasteiger partial charge in [0.25, 0.3) is 0 Å². The summed E-state index contributed by atoms with van der Waals surface area (Å²) < 4.78 is 7.19. The first-order chi connectivity index (χ1) is 8.75. The van der Waals surface area contributed by atoms with E-state index in [0.29, 0.717) is 32.7 Å². The predicted molar refractivity (Wildman–Crippen MR) is 67.3 cm³/mol. The second-order valence-corrected chi connectivity index (χ2v) is 4.83. The van der Waals surface area contributed by atoms with E-state index in [2.05, 4.69) is 10.3 Å². The van der Waals surface area contributed by atoms with Gasteiger partial charge in [-0.05, 0) is 12.1 Å². The first-order valence-electron chi connectivity index (χ1n) is 6.19. The number of nitrogens with zero attached hydrogens (tertiary/aromatic N) is 2. The summed E-state index contributed by atoms with van der Waals surface area (Å²) in [7, 11) is 0. The van der Waals surface area contributed by atoms with Crippen LogP contribution in [-0.2, 0) is 11.3 Å². The fraction of sp³-hybridized carbons (Fsp3) is 0.462. The standard InChI is InChI=1S/C13H17N3O2/c17-13(4-6-18-10-13)9-14-7-11-8-16-5-2-1-3-12(16)15-11/h1-3,5,8,14,17H,4,6-7,9-10H2. The second kappa shape index (κ2) is 4.68. The molecule has 0 amide bonds. The van der Waals surface area contributed by atoms with E-state index in [9.17, 15) is 5.11 Å². The minimum absolute atomic E-state index is 0.422. The van der Waals surface area contributed by atoms with Gasteiger partial charge in [-0.3, -0.25) is 0 Å². The molecule has 18 heavy (non-hydrogen) atoms. The van der Waals surface area contributed by atoms with Crippen molar-refractivity contribution in [3.63, 3.8) is 0 Å². The summed E-state index contributed by atoms with van der Waals surface area (Å²) >= 11 is 0. The Kier molecular flexibility index (Phi) is 3.03. The average Bonchev–Trinajstić information content (AvgIpc) is 2.95. The minimum Gasteiger partial charge on any atom is -0.386 e. The third-order valence-electron chi connectivity index (χ3n) is 3.26. The first-order valence-corrected chi connectivity index (χ1v) is 6.19. The van der Waals surface area contributed by atoms with Gasteiger partial charge in [-0.15, -0.1) is 0 Å². The van der Waals surface area contributed by atoms with E-state index in [1.54, 1.807) is 0 Å². The Balaban J connectivity index is 1.59. The lowest BCUT2D eigenvalue weighted by Gasteiger charge is -2.20. The molecular formula is C13H17N3O2. The highest BCUT2D eigenvalue weighted by atomic mass is 16.5. The first kappa shape index (κ1) is 11.6. The Hall–Kier alpha value is -1.43. The number of rotatable bonds is 4. The van der Waals surface area contributed by atoms with Crippen LogP contribution in [0.1, 0.15) is 12.1 Å². The molecule has 0 aliphatic carbocycles. The van der Waals surface area contributed by atoms with Crippen LogP contribution in [0, 0.1) is 0 Å². The van der Waals surface area contributed by atoms with E-state index in [0.717, 1.165) is 11.3 Å². The van der Waals surface area contributed by atoms with E-state index >= 15 is 0 Å². The zero-order valence-corrected chi connectivity index (χ0v) is 10.2. The molecule has 0 bridgehead atoms. The molecular weight excluding hydrogens is 230 g/mol. The highest BCUT2D eigenvalue weighted by Crippen LogP contribution is 2.17. The molecule has 3 rings (SSSR count). The van der Waals surface area contributed by atoms with Crippen molar-refractivity contribution in [1.29, 1.82) is 0 Å². The van der Waals surface area contributed by atoms with E-state index in [-0.39, 0.29) is 0 Å². The van der Waals surface area contributed by atoms with Crippen LogP contribution in [0.15, 0.2) is 30.6 Å². The van der Waals surface area contributed by atoms with Gasteiger partial charge in [0.05, 0.1) is 12.3 Å². The number of hydrogen-bond donors (Lipinski definition) is 2. The molecule has 1 saturated heterocycles. The zero-order chi connectivity index (χ0) is 12.4. The number of ether oxygens (including phenoxy) is 1. The molecule has 0 saturated carbocycles. The number of pyridine rings is 1. The van der Waals surface area contributed by atoms with E-state index in [1.807, 2.05) is 35.0 Å². The third-order valence-corrected chi connectivity index (χ3v) is 3.26. The lowest BCUT2D eigenvalue weighted by Crippen LogP contribution is -2.40. The van der Waals surface area contributed by atoms with Gasteiger partial charge in [0.2, 0.25) is 0 Å². The van der Waals surface area contributed by atoms with Crippen molar-refractivity contribution in [2.24, 2.45) is 0 Å². The average molecular weight is 247 g/mol. The highest BCUT2D eigenvalue weighted by molar-refractivity contribution is 5.39. The predicted octanol–water partition coefficient (Wildman–Crippen LogP) is 0.575. The maximum atomic E-state index is 10.1. The number of fused-ring (bicyclic) bond motifs is 1. The molecule has 1 unspecified atom stereocenters. The summed E-state index contributed by atoms with van der Waals surface area (Å²) in [5.74, 6) is 0. The van der Waals surface area contributed by atoms with Crippen LogP contribution in [0.3, 0.4) is 0 Å². The summed E-state index contributed by atoms with van der Waals surface area (Å²) in [6.45, 7) is 2.27. The third kappa shape index (κ3) is 2.38. The number of aliphatic hydroxyl groups is 1. The van der Waals surface area contributed by atoms with Crippen molar-refractivity contribution in [2.75, 3.05) is 19.8 Å². The zero-order valence-electron chi connectivity index (χ0n) is 10.2. The van der Waals surface area contributed by atoms with Gasteiger partial charge in [0, 0.05) is 38.5 Å². The lowest BCUT2D eigenvalue weighted by molar-refractivity contribution is 0.0268. The van der Waals surface area contributed by atoms with Crippen LogP contribution in [0.5, 0.6) is 0 Å². The van der Waals surface area contributed by atoms with Crippen molar-refractivity contribution in [3.8, 4) is 0 Å². The molecule has 96 valence electrons. The largest absolute Gasteiger partial charge is 0.386 e. The minimum atomic E-state index is -0.709. The summed E-state index contributed by atoms with van der Waals surface area (Å²) in [5, 5.41) is 13.3. The van der Waals surface area contributed by atoms with Crippen LogP contribution in [0.25, 0.3) is 5.65 Å². The molecule has 5 nitrogen and oxygen atoms in total. The Morgan fingerprint density at radius 1 is 1.50 bits per heavy atom. The van der Waals surface area contributed by atoms with Gasteiger partial charge in [0.1, 0.15) is 11.2 Å². The van der Waals surface area contributed by atoms with Crippen LogP contribution in [0.2, 0.25) is 0 Å². The Bertz CT molecular complexity index is 499. The van der Waals surface area contributed by atoms with Crippen LogP contribution in [0.4, 0.5) is 0 Å². The van der Waals surface area contributed by atoms with Gasteiger partial charge in [-0.1, -0.05) is 6.07 Å². The molecule has 0 aromatic carbocycles. The molecule has 2 aromatic heterocycles. The summed E-state index contributed by atoms with van der Waals surface area (Å²) in [6, 6.07) is 5.92. The van der Waals surface area contributed by atoms with Gasteiger partial charge >= 0.3 is 0 Å². The van der Waals surface area contributed by atoms with Crippen molar-refractivity contribution in [2.45, 2.75) is 18.6 Å². The quantitative estimate of drug-likeness (QED) is 0.829. The second-order valence-electron chi connectivity index (χ2n) is 4.83. The molecule has 1 aliphatic rings. The molecule has 2 N–H and O–H groups in total. The van der Waals surface area contributed by atoms with E-state index < -0.39 is 5.60 Å². The SMILES string of the molecule is OC1(CNCc2cn3ccccc3n2)CCOC1. The van der Waals surface area contributed by atoms with Crippen LogP contribution < -0.4 is 5.32 Å². The monoisotopic (exact) mass is 247 g/mol. The van der Waals surface area contributed by atoms with Crippen molar-refractivity contribution >= 4 is 5.65 Å². The van der Waals surface area contributed by atoms with Crippen molar-refractivity contribution in [3.05, 3.63) is 36.3 Å². The highest BCUT2D eigenvalue weighted by Gasteiger charge is 2.31. The fourth-order valence-corrected chi connectivity index (χ4v) is 2.23. The van der Waals surface area contributed by atoms with Gasteiger partial charge in [-0.2, -0.15) is 0 Å². The molecule has 1 atom stereocenters. The van der Waals surface area contributed by atoms with Crippen LogP contribution >= 0.6 is 0 Å². The lowest BCUT2D eigenvalue weighted by atomic mass is 10.0. The van der Waals surface area contributed by atoms with Gasteiger partial charge in [-0.25, -0.2) is 4.98 Å². The maximum absolute atomic E-state index is 10.1. The number of nitrogens with one attached hydrogen (secondary N) is 1. The normalized spacial score (nSPS) is 23.8. The number of imidazole rings is 1. The Labute approximate surface area is 105 Å². The maximum Gasteiger partial charge on any atom is 0.137 e. The molecule has 5 heteroatoms. The Morgan fingerprint density at radius 3 is 3.22 bits per heavy atom. The van der Waals surface area contributed by atoms with E-state index in [1.165, 1.54) is 0 Å². The Morgan fingerprint density at radius 2 is 2.44 bits per heavy atom. The summed E-state index contributed by atoms with van der Waals surface area (Å²) in [5.41, 5.74) is 1.21. The number of aromatic nitrogens is 2. The van der Waals surface area contributed by atoms with Gasteiger partial charge < -0.3 is 19.6 Å². The molecule has 2 aromatic rings. The summed E-state index contributed by atoms with van der Waals surface area (Å²) in [4.78, 5) is 4.49. The molecule has 3 heterocycles. The number of hydrogen-bond acceptors (Lipinski definition) is 4. The van der Waals surface area contributed by atoms with Crippen LogP contribution in [-0.4, -0.2) is 39.9 Å². The molecule has 1 aliphatic heterocycles. The van der Waals surface area contributed by atoms with Crippen molar-refractivity contribution < 1.29 is 9.84 Å². The summed E-state index contributed by atoms with van der Waals surface area (Å²) in [6.07, 6.45) is 4.67.